The molecule has 5 nitrogen and oxygen atoms in total. The van der Waals surface area contributed by atoms with Crippen LogP contribution in [-0.4, -0.2) is 33.9 Å². The fraction of sp³-hybridized carbons (Fsp3) is 0.412. The Labute approximate surface area is 133 Å². The Morgan fingerprint density at radius 2 is 2.04 bits per heavy atom. The van der Waals surface area contributed by atoms with Gasteiger partial charge in [-0.15, -0.1) is 0 Å². The normalized spacial score (nSPS) is 21.1. The van der Waals surface area contributed by atoms with Gasteiger partial charge in [0, 0.05) is 24.1 Å². The number of rotatable bonds is 4. The highest BCUT2D eigenvalue weighted by molar-refractivity contribution is 5.93. The van der Waals surface area contributed by atoms with E-state index in [1.54, 1.807) is 18.2 Å². The lowest BCUT2D eigenvalue weighted by Gasteiger charge is -2.30. The molecule has 1 aromatic heterocycles. The Kier molecular flexibility index (Phi) is 4.71. The van der Waals surface area contributed by atoms with E-state index < -0.39 is 0 Å². The first kappa shape index (κ1) is 15.7. The molecule has 1 aromatic carbocycles. The summed E-state index contributed by atoms with van der Waals surface area (Å²) in [6.45, 7) is 0.0920. The van der Waals surface area contributed by atoms with Crippen molar-refractivity contribution >= 4 is 5.91 Å². The zero-order chi connectivity index (χ0) is 16.2. The number of nitrogens with one attached hydrogen (secondary N) is 2. The number of amides is 1. The fourth-order valence-electron chi connectivity index (χ4n) is 3.07. The maximum absolute atomic E-state index is 13.0. The first-order valence-electron chi connectivity index (χ1n) is 7.90. The van der Waals surface area contributed by atoms with Crippen LogP contribution in [0.1, 0.15) is 36.2 Å². The largest absolute Gasteiger partial charge is 0.396 e. The summed E-state index contributed by atoms with van der Waals surface area (Å²) in [6.07, 6.45) is 3.97. The van der Waals surface area contributed by atoms with Crippen molar-refractivity contribution in [3.8, 4) is 11.3 Å². The molecule has 0 radical (unpaired) electrons. The monoisotopic (exact) mass is 317 g/mol. The molecule has 0 aliphatic heterocycles. The third kappa shape index (κ3) is 3.59. The van der Waals surface area contributed by atoms with Crippen LogP contribution in [0, 0.1) is 11.7 Å². The Bertz CT molecular complexity index is 669. The van der Waals surface area contributed by atoms with Crippen LogP contribution in [-0.2, 0) is 0 Å². The van der Waals surface area contributed by atoms with Crippen molar-refractivity contribution in [2.45, 2.75) is 31.7 Å². The summed E-state index contributed by atoms with van der Waals surface area (Å²) in [6, 6.07) is 7.61. The van der Waals surface area contributed by atoms with Gasteiger partial charge >= 0.3 is 0 Å². The highest BCUT2D eigenvalue weighted by atomic mass is 19.1. The minimum atomic E-state index is -0.311. The summed E-state index contributed by atoms with van der Waals surface area (Å²) in [7, 11) is 0. The number of aliphatic hydroxyl groups excluding tert-OH is 1. The second kappa shape index (κ2) is 6.91. The summed E-state index contributed by atoms with van der Waals surface area (Å²) < 4.78 is 13.0. The maximum atomic E-state index is 13.0. The molecule has 1 heterocycles. The lowest BCUT2D eigenvalue weighted by molar-refractivity contribution is 0.0867. The van der Waals surface area contributed by atoms with E-state index in [-0.39, 0.29) is 30.3 Å². The molecule has 2 aromatic rings. The van der Waals surface area contributed by atoms with Crippen LogP contribution >= 0.6 is 0 Å². The van der Waals surface area contributed by atoms with Crippen molar-refractivity contribution in [1.29, 1.82) is 0 Å². The number of carbonyl (C=O) groups excluding carboxylic acids is 1. The summed E-state index contributed by atoms with van der Waals surface area (Å²) in [5.41, 5.74) is 1.71. The Hall–Kier alpha value is -2.21. The fourth-order valence-corrected chi connectivity index (χ4v) is 3.07. The standard InChI is InChI=1S/C17H20FN3O2/c18-13-7-5-11(6-8-13)15-9-16(21-20-15)17(23)19-14-4-2-1-3-12(14)10-22/h5-9,12,14,22H,1-4,10H2,(H,19,23)(H,20,21). The second-order valence-electron chi connectivity index (χ2n) is 5.98. The van der Waals surface area contributed by atoms with Crippen LogP contribution in [0.2, 0.25) is 0 Å². The number of aromatic nitrogens is 2. The predicted molar refractivity (Wildman–Crippen MR) is 84.3 cm³/mol. The molecule has 3 N–H and O–H groups in total. The molecule has 3 rings (SSSR count). The van der Waals surface area contributed by atoms with Crippen LogP contribution in [0.5, 0.6) is 0 Å². The Balaban J connectivity index is 1.69. The molecule has 6 heteroatoms. The first-order valence-corrected chi connectivity index (χ1v) is 7.90. The number of carbonyl (C=O) groups is 1. The van der Waals surface area contributed by atoms with Crippen molar-refractivity contribution in [2.75, 3.05) is 6.61 Å². The summed E-state index contributed by atoms with van der Waals surface area (Å²) >= 11 is 0. The van der Waals surface area contributed by atoms with Crippen LogP contribution in [0.4, 0.5) is 4.39 Å². The van der Waals surface area contributed by atoms with Crippen molar-refractivity contribution in [1.82, 2.24) is 15.5 Å². The van der Waals surface area contributed by atoms with Gasteiger partial charge in [0.1, 0.15) is 11.5 Å². The van der Waals surface area contributed by atoms with Gasteiger partial charge in [0.15, 0.2) is 0 Å². The van der Waals surface area contributed by atoms with Crippen molar-refractivity contribution < 1.29 is 14.3 Å². The summed E-state index contributed by atoms with van der Waals surface area (Å²) in [4.78, 5) is 12.3. The number of hydrogen-bond donors (Lipinski definition) is 3. The van der Waals surface area contributed by atoms with E-state index in [4.69, 9.17) is 0 Å². The molecule has 23 heavy (non-hydrogen) atoms. The van der Waals surface area contributed by atoms with E-state index in [1.165, 1.54) is 12.1 Å². The van der Waals surface area contributed by atoms with Gasteiger partial charge in [-0.2, -0.15) is 5.10 Å². The van der Waals surface area contributed by atoms with Gasteiger partial charge < -0.3 is 10.4 Å². The molecule has 1 amide bonds. The highest BCUT2D eigenvalue weighted by Gasteiger charge is 2.26. The molecule has 2 atom stereocenters. The van der Waals surface area contributed by atoms with Gasteiger partial charge in [-0.25, -0.2) is 4.39 Å². The number of H-pyrrole nitrogens is 1. The van der Waals surface area contributed by atoms with Crippen LogP contribution in [0.25, 0.3) is 11.3 Å². The van der Waals surface area contributed by atoms with Gasteiger partial charge in [0.05, 0.1) is 5.69 Å². The van der Waals surface area contributed by atoms with E-state index in [1.807, 2.05) is 0 Å². The highest BCUT2D eigenvalue weighted by Crippen LogP contribution is 2.24. The smallest absolute Gasteiger partial charge is 0.269 e. The molecule has 2 unspecified atom stereocenters. The molecular formula is C17H20FN3O2. The number of halogens is 1. The van der Waals surface area contributed by atoms with Gasteiger partial charge in [-0.3, -0.25) is 9.89 Å². The minimum absolute atomic E-state index is 0.00109. The molecular weight excluding hydrogens is 297 g/mol. The van der Waals surface area contributed by atoms with Gasteiger partial charge in [0.25, 0.3) is 5.91 Å². The number of aromatic amines is 1. The number of aliphatic hydroxyl groups is 1. The van der Waals surface area contributed by atoms with Crippen LogP contribution in [0.3, 0.4) is 0 Å². The van der Waals surface area contributed by atoms with Crippen molar-refractivity contribution in [3.05, 3.63) is 41.8 Å². The molecule has 1 saturated carbocycles. The van der Waals surface area contributed by atoms with E-state index in [0.29, 0.717) is 11.4 Å². The topological polar surface area (TPSA) is 78.0 Å². The third-order valence-corrected chi connectivity index (χ3v) is 4.42. The number of nitrogens with zero attached hydrogens (tertiary/aromatic N) is 1. The molecule has 122 valence electrons. The second-order valence-corrected chi connectivity index (χ2v) is 5.98. The minimum Gasteiger partial charge on any atom is -0.396 e. The van der Waals surface area contributed by atoms with E-state index in [2.05, 4.69) is 15.5 Å². The maximum Gasteiger partial charge on any atom is 0.269 e. The number of hydrogen-bond acceptors (Lipinski definition) is 3. The lowest BCUT2D eigenvalue weighted by Crippen LogP contribution is -2.43. The average Bonchev–Trinajstić information content (AvgIpc) is 3.06. The van der Waals surface area contributed by atoms with Crippen molar-refractivity contribution in [2.24, 2.45) is 5.92 Å². The molecule has 1 aliphatic rings. The molecule has 0 spiro atoms. The van der Waals surface area contributed by atoms with Crippen molar-refractivity contribution in [3.63, 3.8) is 0 Å². The molecule has 0 saturated heterocycles. The molecule has 0 bridgehead atoms. The van der Waals surface area contributed by atoms with E-state index in [0.717, 1.165) is 31.2 Å². The zero-order valence-corrected chi connectivity index (χ0v) is 12.8. The third-order valence-electron chi connectivity index (χ3n) is 4.42. The first-order chi connectivity index (χ1) is 11.2. The Morgan fingerprint density at radius 3 is 2.78 bits per heavy atom. The van der Waals surface area contributed by atoms with E-state index in [9.17, 15) is 14.3 Å². The predicted octanol–water partition coefficient (Wildman–Crippen LogP) is 2.50. The summed E-state index contributed by atoms with van der Waals surface area (Å²) in [5, 5.41) is 19.2. The number of benzene rings is 1. The van der Waals surface area contributed by atoms with Crippen LogP contribution in [0.15, 0.2) is 30.3 Å². The Morgan fingerprint density at radius 1 is 1.30 bits per heavy atom. The van der Waals surface area contributed by atoms with Crippen LogP contribution < -0.4 is 5.32 Å². The quantitative estimate of drug-likeness (QED) is 0.811. The van der Waals surface area contributed by atoms with E-state index >= 15 is 0 Å². The SMILES string of the molecule is O=C(NC1CCCCC1CO)c1cc(-c2ccc(F)cc2)n[nH]1. The molecule has 1 fully saturated rings. The average molecular weight is 317 g/mol. The summed E-state index contributed by atoms with van der Waals surface area (Å²) in [5.74, 6) is -0.419. The zero-order valence-electron chi connectivity index (χ0n) is 12.8. The van der Waals surface area contributed by atoms with Gasteiger partial charge in [0.2, 0.25) is 0 Å². The lowest BCUT2D eigenvalue weighted by atomic mass is 9.85. The van der Waals surface area contributed by atoms with Gasteiger partial charge in [-0.05, 0) is 43.2 Å². The van der Waals surface area contributed by atoms with Gasteiger partial charge in [-0.1, -0.05) is 12.8 Å². The molecule has 1 aliphatic carbocycles.